The quantitative estimate of drug-likeness (QED) is 0.156. The lowest BCUT2D eigenvalue weighted by molar-refractivity contribution is -0.141. The van der Waals surface area contributed by atoms with E-state index in [2.05, 4.69) is 20.8 Å². The fourth-order valence-electron chi connectivity index (χ4n) is 5.70. The van der Waals surface area contributed by atoms with Crippen molar-refractivity contribution in [3.05, 3.63) is 93.5 Å². The summed E-state index contributed by atoms with van der Waals surface area (Å²) in [6.45, 7) is -0.0702. The number of hydrogen-bond acceptors (Lipinski definition) is 6. The molecule has 1 atom stereocenters. The maximum atomic E-state index is 14.2. The lowest BCUT2D eigenvalue weighted by Crippen LogP contribution is -2.55. The van der Waals surface area contributed by atoms with Crippen molar-refractivity contribution in [2.24, 2.45) is 20.0 Å². The maximum absolute atomic E-state index is 14.2. The van der Waals surface area contributed by atoms with E-state index in [0.717, 1.165) is 31.1 Å². The number of nitrogens with zero attached hydrogens (tertiary/aromatic N) is 6. The second-order valence-corrected chi connectivity index (χ2v) is 13.8. The lowest BCUT2D eigenvalue weighted by atomic mass is 10.0. The molecule has 1 fully saturated rings. The van der Waals surface area contributed by atoms with Crippen molar-refractivity contribution in [1.82, 2.24) is 39.7 Å². The Balaban J connectivity index is 0.000000416. The van der Waals surface area contributed by atoms with Crippen LogP contribution in [0.25, 0.3) is 22.2 Å². The molecular formula is C35H37ClF6N8O3. The summed E-state index contributed by atoms with van der Waals surface area (Å²) in [6.07, 6.45) is 1.83. The standard InChI is InChI=1S/C27H30F6N6O3.C8H7ClN2/c1-26(2,14-39-20(11-21(36-39)27(31,32)33)17-10-18(28)24(42)37(3)13-17)35-23(41)19(34-22(40)16-6-7-16)9-15-5-4-8-38(12-15)25(29)30;1-11-7-5-3-2-4-6(7)8(9)10-11/h4-5,10-13,16,19,25H,6-9,14H2,1-3H3,(H,34,40)(H,35,41);2-5H,1H3. The van der Waals surface area contributed by atoms with Gasteiger partial charge in [0, 0.05) is 56.3 Å². The molecule has 1 saturated carbocycles. The molecule has 1 unspecified atom stereocenters. The first kappa shape index (κ1) is 39.2. The molecule has 2 aliphatic rings. The smallest absolute Gasteiger partial charge is 0.348 e. The number of amides is 2. The second-order valence-electron chi connectivity index (χ2n) is 13.5. The van der Waals surface area contributed by atoms with Gasteiger partial charge in [-0.15, -0.1) is 0 Å². The molecule has 0 bridgehead atoms. The van der Waals surface area contributed by atoms with Gasteiger partial charge in [-0.1, -0.05) is 35.9 Å². The van der Waals surface area contributed by atoms with Crippen molar-refractivity contribution in [2.75, 3.05) is 6.54 Å². The SMILES string of the molecule is Cn1cc(-c2cc(C(F)(F)F)nn2CC(C)(C)NC(=O)C(CC2=CN(C(F)F)CC=C2)NC(=O)C2CC2)cc(F)c1=O.Cn1nc(Cl)c2ccccc21. The number of carbonyl (C=O) groups excluding carboxylic acids is 2. The first-order chi connectivity index (χ1) is 24.8. The van der Waals surface area contributed by atoms with Crippen molar-refractivity contribution in [2.45, 2.75) is 64.0 Å². The minimum atomic E-state index is -4.84. The molecule has 0 radical (unpaired) electrons. The number of hydrogen-bond donors (Lipinski definition) is 2. The van der Waals surface area contributed by atoms with Crippen LogP contribution >= 0.6 is 11.6 Å². The van der Waals surface area contributed by atoms with E-state index in [1.165, 1.54) is 39.4 Å². The van der Waals surface area contributed by atoms with Crippen LogP contribution < -0.4 is 16.2 Å². The first-order valence-corrected chi connectivity index (χ1v) is 16.8. The molecule has 1 aliphatic carbocycles. The molecule has 4 heterocycles. The van der Waals surface area contributed by atoms with Gasteiger partial charge < -0.3 is 20.1 Å². The van der Waals surface area contributed by atoms with Gasteiger partial charge in [0.25, 0.3) is 5.56 Å². The largest absolute Gasteiger partial charge is 0.435 e. The third-order valence-corrected chi connectivity index (χ3v) is 8.76. The van der Waals surface area contributed by atoms with Gasteiger partial charge in [-0.05, 0) is 56.5 Å². The van der Waals surface area contributed by atoms with Gasteiger partial charge in [0.15, 0.2) is 16.7 Å². The van der Waals surface area contributed by atoms with E-state index in [9.17, 15) is 40.7 Å². The number of aromatic nitrogens is 5. The Bertz CT molecular complexity index is 2050. The predicted octanol–water partition coefficient (Wildman–Crippen LogP) is 5.79. The van der Waals surface area contributed by atoms with E-state index in [1.54, 1.807) is 10.8 Å². The van der Waals surface area contributed by atoms with Crippen molar-refractivity contribution in [3.63, 3.8) is 0 Å². The first-order valence-electron chi connectivity index (χ1n) is 16.5. The van der Waals surface area contributed by atoms with Crippen molar-refractivity contribution in [1.29, 1.82) is 0 Å². The van der Waals surface area contributed by atoms with E-state index >= 15 is 0 Å². The molecule has 2 N–H and O–H groups in total. The van der Waals surface area contributed by atoms with Gasteiger partial charge in [0.1, 0.15) is 6.04 Å². The summed E-state index contributed by atoms with van der Waals surface area (Å²) in [5.41, 5.74) is -2.26. The Kier molecular flexibility index (Phi) is 11.5. The number of allylic oxidation sites excluding steroid dienone is 1. The van der Waals surface area contributed by atoms with Crippen LogP contribution in [0.4, 0.5) is 26.3 Å². The highest BCUT2D eigenvalue weighted by Gasteiger charge is 2.37. The number of alkyl halides is 5. The Morgan fingerprint density at radius 2 is 1.77 bits per heavy atom. The number of halogens is 7. The van der Waals surface area contributed by atoms with E-state index in [1.807, 2.05) is 31.3 Å². The molecule has 6 rings (SSSR count). The van der Waals surface area contributed by atoms with E-state index in [-0.39, 0.29) is 42.6 Å². The number of carbonyl (C=O) groups is 2. The summed E-state index contributed by atoms with van der Waals surface area (Å²) < 4.78 is 85.0. The van der Waals surface area contributed by atoms with Crippen LogP contribution in [-0.4, -0.2) is 65.5 Å². The fourth-order valence-corrected chi connectivity index (χ4v) is 5.97. The van der Waals surface area contributed by atoms with E-state index in [4.69, 9.17) is 11.6 Å². The molecule has 1 aliphatic heterocycles. The minimum absolute atomic E-state index is 0.0227. The average Bonchev–Trinajstić information content (AvgIpc) is 3.79. The van der Waals surface area contributed by atoms with Gasteiger partial charge in [-0.25, -0.2) is 4.39 Å². The number of aryl methyl sites for hydroxylation is 2. The monoisotopic (exact) mass is 766 g/mol. The summed E-state index contributed by atoms with van der Waals surface area (Å²) in [4.78, 5) is 38.5. The average molecular weight is 767 g/mol. The maximum Gasteiger partial charge on any atom is 0.435 e. The Labute approximate surface area is 304 Å². The molecule has 284 valence electrons. The minimum Gasteiger partial charge on any atom is -0.348 e. The third-order valence-electron chi connectivity index (χ3n) is 8.48. The number of benzene rings is 1. The van der Waals surface area contributed by atoms with E-state index < -0.39 is 47.3 Å². The zero-order chi connectivity index (χ0) is 38.8. The summed E-state index contributed by atoms with van der Waals surface area (Å²) in [5.74, 6) is -2.47. The van der Waals surface area contributed by atoms with Gasteiger partial charge in [-0.3, -0.25) is 23.7 Å². The van der Waals surface area contributed by atoms with Crippen LogP contribution in [0.15, 0.2) is 71.3 Å². The predicted molar refractivity (Wildman–Crippen MR) is 185 cm³/mol. The lowest BCUT2D eigenvalue weighted by Gasteiger charge is -2.30. The normalized spacial score (nSPS) is 15.2. The van der Waals surface area contributed by atoms with Crippen LogP contribution in [-0.2, 0) is 36.4 Å². The molecule has 18 heteroatoms. The molecule has 0 saturated heterocycles. The van der Waals surface area contributed by atoms with Crippen LogP contribution in [0.2, 0.25) is 5.15 Å². The summed E-state index contributed by atoms with van der Waals surface area (Å²) in [7, 11) is 3.13. The van der Waals surface area contributed by atoms with E-state index in [0.29, 0.717) is 29.6 Å². The number of nitrogens with one attached hydrogen (secondary N) is 2. The third kappa shape index (κ3) is 9.68. The van der Waals surface area contributed by atoms with Crippen LogP contribution in [0.3, 0.4) is 0 Å². The molecule has 53 heavy (non-hydrogen) atoms. The summed E-state index contributed by atoms with van der Waals surface area (Å²) in [6, 6.07) is 8.24. The summed E-state index contributed by atoms with van der Waals surface area (Å²) in [5, 5.41) is 14.7. The Hall–Kier alpha value is -5.06. The van der Waals surface area contributed by atoms with Crippen LogP contribution in [0.5, 0.6) is 0 Å². The number of fused-ring (bicyclic) bond motifs is 1. The Morgan fingerprint density at radius 1 is 1.08 bits per heavy atom. The van der Waals surface area contributed by atoms with Gasteiger partial charge in [0.05, 0.1) is 23.3 Å². The second kappa shape index (κ2) is 15.5. The number of rotatable bonds is 10. The highest BCUT2D eigenvalue weighted by atomic mass is 35.5. The van der Waals surface area contributed by atoms with Gasteiger partial charge in [-0.2, -0.15) is 32.1 Å². The molecule has 0 spiro atoms. The zero-order valence-electron chi connectivity index (χ0n) is 29.1. The highest BCUT2D eigenvalue weighted by molar-refractivity contribution is 6.34. The molecule has 1 aromatic carbocycles. The molecule has 4 aromatic rings. The van der Waals surface area contributed by atoms with Crippen molar-refractivity contribution >= 4 is 34.3 Å². The summed E-state index contributed by atoms with van der Waals surface area (Å²) >= 11 is 5.85. The fraction of sp³-hybridized carbons (Fsp3) is 0.400. The molecule has 2 amide bonds. The molecule has 11 nitrogen and oxygen atoms in total. The topological polar surface area (TPSA) is 119 Å². The van der Waals surface area contributed by atoms with Crippen LogP contribution in [0.1, 0.15) is 38.8 Å². The van der Waals surface area contributed by atoms with Gasteiger partial charge >= 0.3 is 12.7 Å². The Morgan fingerprint density at radius 3 is 2.40 bits per heavy atom. The van der Waals surface area contributed by atoms with Crippen molar-refractivity contribution < 1.29 is 35.9 Å². The van der Waals surface area contributed by atoms with Crippen LogP contribution in [0, 0.1) is 11.7 Å². The van der Waals surface area contributed by atoms with Crippen molar-refractivity contribution in [3.8, 4) is 11.3 Å². The zero-order valence-corrected chi connectivity index (χ0v) is 29.9. The molecule has 3 aromatic heterocycles. The van der Waals surface area contributed by atoms with Gasteiger partial charge in [0.2, 0.25) is 11.8 Å². The number of pyridine rings is 1. The molecular weight excluding hydrogens is 730 g/mol. The number of para-hydroxylation sites is 1. The highest BCUT2D eigenvalue weighted by Crippen LogP contribution is 2.33.